The molecule has 4 aromatic rings. The van der Waals surface area contributed by atoms with Crippen LogP contribution in [0.15, 0.2) is 58.8 Å². The van der Waals surface area contributed by atoms with E-state index in [9.17, 15) is 18.8 Å². The maximum absolute atomic E-state index is 13.3. The number of piperazine rings is 1. The molecule has 2 aromatic heterocycles. The number of amides is 2. The van der Waals surface area contributed by atoms with Crippen LogP contribution in [0.2, 0.25) is 0 Å². The number of hydrogen-bond donors (Lipinski definition) is 1. The second kappa shape index (κ2) is 8.99. The minimum atomic E-state index is -0.376. The van der Waals surface area contributed by atoms with Crippen molar-refractivity contribution in [3.8, 4) is 5.69 Å². The zero-order chi connectivity index (χ0) is 24.8. The Bertz CT molecular complexity index is 1480. The summed E-state index contributed by atoms with van der Waals surface area (Å²) in [6.07, 6.45) is 1.64. The zero-order valence-electron chi connectivity index (χ0n) is 19.3. The van der Waals surface area contributed by atoms with Crippen molar-refractivity contribution in [2.75, 3.05) is 39.3 Å². The number of imidazole rings is 1. The molecular weight excluding hydrogens is 483 g/mol. The average Bonchev–Trinajstić information content (AvgIpc) is 3.51. The number of fused-ring (bicyclic) bond motifs is 1. The van der Waals surface area contributed by atoms with Crippen LogP contribution in [-0.2, 0) is 0 Å². The molecule has 0 spiro atoms. The van der Waals surface area contributed by atoms with E-state index in [1.165, 1.54) is 40.2 Å². The highest BCUT2D eigenvalue weighted by molar-refractivity contribution is 7.11. The van der Waals surface area contributed by atoms with Gasteiger partial charge in [-0.2, -0.15) is 0 Å². The lowest BCUT2D eigenvalue weighted by molar-refractivity contribution is 0.00854. The van der Waals surface area contributed by atoms with Gasteiger partial charge in [-0.05, 0) is 42.5 Å². The fourth-order valence-corrected chi connectivity index (χ4v) is 5.48. The molecule has 2 saturated heterocycles. The highest BCUT2D eigenvalue weighted by atomic mass is 32.1. The van der Waals surface area contributed by atoms with E-state index in [1.807, 2.05) is 4.90 Å². The van der Waals surface area contributed by atoms with E-state index in [-0.39, 0.29) is 29.4 Å². The summed E-state index contributed by atoms with van der Waals surface area (Å²) in [6, 6.07) is 11.1. The summed E-state index contributed by atoms with van der Waals surface area (Å²) >= 11 is 1.36. The summed E-state index contributed by atoms with van der Waals surface area (Å²) in [4.78, 5) is 51.0. The van der Waals surface area contributed by atoms with E-state index in [2.05, 4.69) is 14.9 Å². The van der Waals surface area contributed by atoms with E-state index in [1.54, 1.807) is 34.7 Å². The van der Waals surface area contributed by atoms with E-state index >= 15 is 0 Å². The lowest BCUT2D eigenvalue weighted by Crippen LogP contribution is -2.64. The monoisotopic (exact) mass is 506 g/mol. The van der Waals surface area contributed by atoms with Crippen molar-refractivity contribution in [2.24, 2.45) is 0 Å². The van der Waals surface area contributed by atoms with E-state index < -0.39 is 0 Å². The van der Waals surface area contributed by atoms with Gasteiger partial charge in [0.2, 0.25) is 0 Å². The Morgan fingerprint density at radius 1 is 0.972 bits per heavy atom. The summed E-state index contributed by atoms with van der Waals surface area (Å²) in [7, 11) is 0. The van der Waals surface area contributed by atoms with Crippen molar-refractivity contribution in [1.82, 2.24) is 29.2 Å². The van der Waals surface area contributed by atoms with Crippen LogP contribution >= 0.6 is 11.3 Å². The molecule has 6 rings (SSSR count). The van der Waals surface area contributed by atoms with Crippen molar-refractivity contribution in [3.63, 3.8) is 0 Å². The molecule has 4 heterocycles. The molecular formula is C25H23FN6O3S. The first-order chi connectivity index (χ1) is 17.5. The number of carbonyl (C=O) groups is 2. The number of likely N-dealkylation sites (tertiary alicyclic amines) is 1. The Morgan fingerprint density at radius 2 is 1.72 bits per heavy atom. The molecule has 2 aromatic carbocycles. The summed E-state index contributed by atoms with van der Waals surface area (Å²) in [6.45, 7) is 4.10. The third-order valence-corrected chi connectivity index (χ3v) is 7.66. The minimum Gasteiger partial charge on any atom is -0.335 e. The molecule has 36 heavy (non-hydrogen) atoms. The summed E-state index contributed by atoms with van der Waals surface area (Å²) in [5, 5.41) is 2.33. The van der Waals surface area contributed by atoms with Gasteiger partial charge in [0.1, 0.15) is 5.82 Å². The molecule has 2 aliphatic rings. The standard InChI is InChI=1S/C25H23FN6O3S/c26-17-2-4-18(5-3-17)32-21-6-1-16(13-20(21)28-25(32)35)23(33)31-14-19(15-31)29-8-10-30(11-9-29)24(34)22-27-7-12-36-22/h1-7,12-13,19H,8-11,14-15H2,(H,28,35). The third kappa shape index (κ3) is 3.99. The zero-order valence-corrected chi connectivity index (χ0v) is 20.1. The van der Waals surface area contributed by atoms with Crippen molar-refractivity contribution >= 4 is 34.2 Å². The average molecular weight is 507 g/mol. The molecule has 0 unspecified atom stereocenters. The molecule has 0 radical (unpaired) electrons. The van der Waals surface area contributed by atoms with Crippen molar-refractivity contribution in [2.45, 2.75) is 6.04 Å². The van der Waals surface area contributed by atoms with Gasteiger partial charge < -0.3 is 14.8 Å². The molecule has 2 aliphatic heterocycles. The van der Waals surface area contributed by atoms with E-state index in [0.29, 0.717) is 53.5 Å². The summed E-state index contributed by atoms with van der Waals surface area (Å²) < 4.78 is 14.7. The SMILES string of the molecule is O=C(c1ccc2c(c1)[nH]c(=O)n2-c1ccc(F)cc1)N1CC(N2CCN(C(=O)c3nccs3)CC2)C1. The Kier molecular flexibility index (Phi) is 5.65. The smallest absolute Gasteiger partial charge is 0.331 e. The van der Waals surface area contributed by atoms with Crippen LogP contribution in [0, 0.1) is 5.82 Å². The fraction of sp³-hybridized carbons (Fsp3) is 0.280. The molecule has 9 nitrogen and oxygen atoms in total. The highest BCUT2D eigenvalue weighted by Crippen LogP contribution is 2.23. The molecule has 184 valence electrons. The third-order valence-electron chi connectivity index (χ3n) is 6.90. The van der Waals surface area contributed by atoms with Crippen molar-refractivity contribution < 1.29 is 14.0 Å². The lowest BCUT2D eigenvalue weighted by atomic mass is 10.0. The van der Waals surface area contributed by atoms with Gasteiger partial charge in [0, 0.05) is 62.5 Å². The predicted octanol–water partition coefficient (Wildman–Crippen LogP) is 2.20. The highest BCUT2D eigenvalue weighted by Gasteiger charge is 2.37. The van der Waals surface area contributed by atoms with Gasteiger partial charge >= 0.3 is 5.69 Å². The molecule has 0 aliphatic carbocycles. The molecule has 0 atom stereocenters. The van der Waals surface area contributed by atoms with Gasteiger partial charge in [-0.25, -0.2) is 14.2 Å². The number of benzene rings is 2. The lowest BCUT2D eigenvalue weighted by Gasteiger charge is -2.48. The number of nitrogens with one attached hydrogen (secondary N) is 1. The number of aromatic amines is 1. The van der Waals surface area contributed by atoms with Crippen LogP contribution in [0.4, 0.5) is 4.39 Å². The first kappa shape index (κ1) is 22.6. The second-order valence-electron chi connectivity index (χ2n) is 9.00. The normalized spacial score (nSPS) is 16.9. The fourth-order valence-electron chi connectivity index (χ4n) is 4.88. The van der Waals surface area contributed by atoms with Crippen LogP contribution < -0.4 is 5.69 Å². The molecule has 2 amide bonds. The number of carbonyl (C=O) groups excluding carboxylic acids is 2. The number of aromatic nitrogens is 3. The summed E-state index contributed by atoms with van der Waals surface area (Å²) in [5.41, 5.74) is 1.87. The maximum Gasteiger partial charge on any atom is 0.331 e. The quantitative estimate of drug-likeness (QED) is 0.458. The Labute approximate surface area is 209 Å². The topological polar surface area (TPSA) is 94.5 Å². The number of hydrogen-bond acceptors (Lipinski definition) is 6. The van der Waals surface area contributed by atoms with Crippen LogP contribution in [-0.4, -0.2) is 86.4 Å². The van der Waals surface area contributed by atoms with Gasteiger partial charge in [-0.3, -0.25) is 19.1 Å². The van der Waals surface area contributed by atoms with Gasteiger partial charge in [0.25, 0.3) is 11.8 Å². The van der Waals surface area contributed by atoms with E-state index in [4.69, 9.17) is 0 Å². The maximum atomic E-state index is 13.3. The van der Waals surface area contributed by atoms with Gasteiger partial charge in [-0.15, -0.1) is 11.3 Å². The van der Waals surface area contributed by atoms with Gasteiger partial charge in [0.15, 0.2) is 5.01 Å². The van der Waals surface area contributed by atoms with Crippen LogP contribution in [0.5, 0.6) is 0 Å². The minimum absolute atomic E-state index is 0.0169. The first-order valence-electron chi connectivity index (χ1n) is 11.7. The molecule has 2 fully saturated rings. The van der Waals surface area contributed by atoms with Crippen LogP contribution in [0.1, 0.15) is 20.2 Å². The van der Waals surface area contributed by atoms with Crippen molar-refractivity contribution in [3.05, 3.63) is 80.9 Å². The number of thiazole rings is 1. The Balaban J connectivity index is 1.09. The predicted molar refractivity (Wildman–Crippen MR) is 133 cm³/mol. The Hall–Kier alpha value is -3.83. The second-order valence-corrected chi connectivity index (χ2v) is 9.90. The van der Waals surface area contributed by atoms with Crippen LogP contribution in [0.25, 0.3) is 16.7 Å². The Morgan fingerprint density at radius 3 is 2.42 bits per heavy atom. The number of nitrogens with zero attached hydrogens (tertiary/aromatic N) is 5. The molecule has 11 heteroatoms. The van der Waals surface area contributed by atoms with Crippen molar-refractivity contribution in [1.29, 1.82) is 0 Å². The molecule has 0 bridgehead atoms. The van der Waals surface area contributed by atoms with Crippen LogP contribution in [0.3, 0.4) is 0 Å². The first-order valence-corrected chi connectivity index (χ1v) is 12.6. The summed E-state index contributed by atoms with van der Waals surface area (Å²) in [5.74, 6) is -0.476. The van der Waals surface area contributed by atoms with Gasteiger partial charge in [0.05, 0.1) is 16.7 Å². The van der Waals surface area contributed by atoms with Gasteiger partial charge in [-0.1, -0.05) is 0 Å². The largest absolute Gasteiger partial charge is 0.335 e. The number of rotatable bonds is 4. The molecule has 0 saturated carbocycles. The number of H-pyrrole nitrogens is 1. The molecule has 1 N–H and O–H groups in total. The number of halogens is 1. The van der Waals surface area contributed by atoms with E-state index in [0.717, 1.165) is 13.1 Å².